The third-order valence-electron chi connectivity index (χ3n) is 10.6. The Bertz CT molecular complexity index is 2770. The molecule has 0 aliphatic heterocycles. The molecule has 0 N–H and O–H groups in total. The highest BCUT2D eigenvalue weighted by atomic mass is 32.1. The topological polar surface area (TPSA) is 3.24 Å². The van der Waals surface area contributed by atoms with E-state index in [0.29, 0.717) is 0 Å². The van der Waals surface area contributed by atoms with Gasteiger partial charge in [-0.15, -0.1) is 11.3 Å². The maximum absolute atomic E-state index is 2.56. The summed E-state index contributed by atoms with van der Waals surface area (Å²) in [6, 6.07) is 60.6. The van der Waals surface area contributed by atoms with Gasteiger partial charge in [-0.3, -0.25) is 0 Å². The summed E-state index contributed by atoms with van der Waals surface area (Å²) < 4.78 is 2.61. The van der Waals surface area contributed by atoms with Crippen molar-refractivity contribution in [3.05, 3.63) is 175 Å². The molecule has 0 saturated carbocycles. The van der Waals surface area contributed by atoms with E-state index in [9.17, 15) is 0 Å². The molecule has 232 valence electrons. The summed E-state index contributed by atoms with van der Waals surface area (Å²) in [5.74, 6) is 0. The molecule has 0 radical (unpaired) electrons. The molecule has 2 heteroatoms. The number of thiophene rings is 1. The van der Waals surface area contributed by atoms with Gasteiger partial charge >= 0.3 is 0 Å². The van der Waals surface area contributed by atoms with Crippen molar-refractivity contribution in [2.24, 2.45) is 0 Å². The van der Waals surface area contributed by atoms with Crippen LogP contribution >= 0.6 is 11.3 Å². The van der Waals surface area contributed by atoms with Crippen molar-refractivity contribution in [3.63, 3.8) is 0 Å². The number of nitrogens with zero attached hydrogens (tertiary/aromatic N) is 1. The number of rotatable bonds is 4. The second-order valence-electron chi connectivity index (χ2n) is 13.7. The van der Waals surface area contributed by atoms with Crippen LogP contribution in [-0.4, -0.2) is 0 Å². The van der Waals surface area contributed by atoms with Gasteiger partial charge in [-0.1, -0.05) is 147 Å². The predicted octanol–water partition coefficient (Wildman–Crippen LogP) is 13.8. The molecule has 9 aromatic rings. The quantitative estimate of drug-likeness (QED) is 0.184. The Balaban J connectivity index is 1.31. The van der Waals surface area contributed by atoms with Crippen LogP contribution in [0.4, 0.5) is 17.1 Å². The first kappa shape index (κ1) is 28.3. The van der Waals surface area contributed by atoms with E-state index in [1.165, 1.54) is 92.2 Å². The maximum Gasteiger partial charge on any atom is 0.0640 e. The van der Waals surface area contributed by atoms with Crippen LogP contribution in [-0.2, 0) is 5.41 Å². The number of fused-ring (bicyclic) bond motifs is 9. The summed E-state index contributed by atoms with van der Waals surface area (Å²) in [5.41, 5.74) is 11.3. The predicted molar refractivity (Wildman–Crippen MR) is 212 cm³/mol. The monoisotopic (exact) mass is 643 g/mol. The summed E-state index contributed by atoms with van der Waals surface area (Å²) in [4.78, 5) is 2.56. The first-order valence-electron chi connectivity index (χ1n) is 17.0. The molecule has 0 saturated heterocycles. The molecule has 0 fully saturated rings. The van der Waals surface area contributed by atoms with Crippen LogP contribution in [0.2, 0.25) is 0 Å². The first-order valence-corrected chi connectivity index (χ1v) is 17.8. The van der Waals surface area contributed by atoms with Gasteiger partial charge in [-0.2, -0.15) is 0 Å². The Hall–Kier alpha value is -5.70. The zero-order chi connectivity index (χ0) is 32.7. The number of hydrogen-bond acceptors (Lipinski definition) is 2. The first-order chi connectivity index (χ1) is 24.1. The highest BCUT2D eigenvalue weighted by Crippen LogP contribution is 2.56. The molecular weight excluding hydrogens is 611 g/mol. The number of anilines is 3. The second kappa shape index (κ2) is 10.7. The van der Waals surface area contributed by atoms with E-state index in [1.807, 2.05) is 11.3 Å². The van der Waals surface area contributed by atoms with Gasteiger partial charge in [-0.05, 0) is 74.1 Å². The molecule has 49 heavy (non-hydrogen) atoms. The van der Waals surface area contributed by atoms with E-state index in [1.54, 1.807) is 0 Å². The van der Waals surface area contributed by atoms with E-state index in [2.05, 4.69) is 183 Å². The maximum atomic E-state index is 2.56. The molecule has 8 aromatic carbocycles. The fraction of sp³-hybridized carbons (Fsp3) is 0.0638. The normalized spacial score (nSPS) is 13.3. The lowest BCUT2D eigenvalue weighted by Gasteiger charge is -2.31. The number of benzene rings is 8. The van der Waals surface area contributed by atoms with Gasteiger partial charge in [0.05, 0.1) is 21.8 Å². The average molecular weight is 644 g/mol. The van der Waals surface area contributed by atoms with Crippen molar-refractivity contribution < 1.29 is 0 Å². The van der Waals surface area contributed by atoms with Crippen LogP contribution in [0.5, 0.6) is 0 Å². The molecule has 1 heterocycles. The zero-order valence-corrected chi connectivity index (χ0v) is 28.3. The van der Waals surface area contributed by atoms with Crippen LogP contribution < -0.4 is 4.90 Å². The van der Waals surface area contributed by atoms with Gasteiger partial charge in [0, 0.05) is 32.0 Å². The number of para-hydroxylation sites is 1. The van der Waals surface area contributed by atoms with Crippen molar-refractivity contribution in [2.75, 3.05) is 4.90 Å². The highest BCUT2D eigenvalue weighted by Gasteiger charge is 2.38. The summed E-state index contributed by atoms with van der Waals surface area (Å²) >= 11 is 1.90. The van der Waals surface area contributed by atoms with Crippen molar-refractivity contribution in [1.82, 2.24) is 0 Å². The SMILES string of the molecule is CC1(C)c2ccccc2-c2c(N(c3ccccc3-c3ccc4ccccc4c3)c3cccc4c3sc3ccc5ccccc5c34)cccc21. The van der Waals surface area contributed by atoms with Crippen LogP contribution in [0.25, 0.3) is 64.0 Å². The molecular formula is C47H33NS. The second-order valence-corrected chi connectivity index (χ2v) is 14.8. The van der Waals surface area contributed by atoms with Gasteiger partial charge < -0.3 is 4.90 Å². The van der Waals surface area contributed by atoms with E-state index in [0.717, 1.165) is 0 Å². The van der Waals surface area contributed by atoms with Gasteiger partial charge in [0.15, 0.2) is 0 Å². The summed E-state index contributed by atoms with van der Waals surface area (Å²) in [6.07, 6.45) is 0. The molecule has 0 spiro atoms. The van der Waals surface area contributed by atoms with Crippen molar-refractivity contribution >= 4 is 70.1 Å². The van der Waals surface area contributed by atoms with Gasteiger partial charge in [0.25, 0.3) is 0 Å². The van der Waals surface area contributed by atoms with Crippen molar-refractivity contribution in [3.8, 4) is 22.3 Å². The summed E-state index contributed by atoms with van der Waals surface area (Å²) in [6.45, 7) is 4.74. The molecule has 1 aliphatic carbocycles. The lowest BCUT2D eigenvalue weighted by atomic mass is 9.82. The minimum absolute atomic E-state index is 0.103. The van der Waals surface area contributed by atoms with Gasteiger partial charge in [-0.25, -0.2) is 0 Å². The fourth-order valence-corrected chi connectivity index (χ4v) is 9.53. The molecule has 10 rings (SSSR count). The van der Waals surface area contributed by atoms with E-state index in [-0.39, 0.29) is 5.41 Å². The van der Waals surface area contributed by atoms with Crippen molar-refractivity contribution in [2.45, 2.75) is 19.3 Å². The van der Waals surface area contributed by atoms with Crippen molar-refractivity contribution in [1.29, 1.82) is 0 Å². The summed E-state index contributed by atoms with van der Waals surface area (Å²) in [5, 5.41) is 7.73. The Morgan fingerprint density at radius 1 is 0.469 bits per heavy atom. The van der Waals surface area contributed by atoms with E-state index in [4.69, 9.17) is 0 Å². The van der Waals surface area contributed by atoms with Crippen LogP contribution in [0.15, 0.2) is 164 Å². The molecule has 1 nitrogen and oxygen atoms in total. The van der Waals surface area contributed by atoms with Crippen LogP contribution in [0.1, 0.15) is 25.0 Å². The Labute approximate surface area is 290 Å². The summed E-state index contributed by atoms with van der Waals surface area (Å²) in [7, 11) is 0. The minimum atomic E-state index is -0.103. The largest absolute Gasteiger partial charge is 0.308 e. The Kier molecular flexibility index (Phi) is 6.16. The third kappa shape index (κ3) is 4.17. The molecule has 0 amide bonds. The zero-order valence-electron chi connectivity index (χ0n) is 27.4. The van der Waals surface area contributed by atoms with Gasteiger partial charge in [0.2, 0.25) is 0 Å². The lowest BCUT2D eigenvalue weighted by Crippen LogP contribution is -2.16. The van der Waals surface area contributed by atoms with Crippen LogP contribution in [0.3, 0.4) is 0 Å². The Morgan fingerprint density at radius 3 is 2.00 bits per heavy atom. The van der Waals surface area contributed by atoms with Crippen LogP contribution in [0, 0.1) is 0 Å². The highest BCUT2D eigenvalue weighted by molar-refractivity contribution is 7.26. The minimum Gasteiger partial charge on any atom is -0.308 e. The fourth-order valence-electron chi connectivity index (χ4n) is 8.31. The molecule has 0 bridgehead atoms. The lowest BCUT2D eigenvalue weighted by molar-refractivity contribution is 0.660. The molecule has 0 atom stereocenters. The van der Waals surface area contributed by atoms with Gasteiger partial charge in [0.1, 0.15) is 0 Å². The number of hydrogen-bond donors (Lipinski definition) is 0. The molecule has 0 unspecified atom stereocenters. The van der Waals surface area contributed by atoms with E-state index >= 15 is 0 Å². The third-order valence-corrected chi connectivity index (χ3v) is 11.8. The molecule has 1 aromatic heterocycles. The smallest absolute Gasteiger partial charge is 0.0640 e. The average Bonchev–Trinajstić information content (AvgIpc) is 3.65. The Morgan fingerprint density at radius 2 is 1.10 bits per heavy atom. The van der Waals surface area contributed by atoms with E-state index < -0.39 is 0 Å². The standard InChI is InChI=1S/C47H33NS/c1-47(2)38-20-9-7-18-36(38)45-39(47)21-12-23-41(45)48(40-22-10-8-16-34(40)33-26-25-30-13-3-4-15-32(30)29-33)42-24-11-19-37-44-35-17-6-5-14-31(35)27-28-43(44)49-46(37)42/h3-29H,1-2H3. The molecule has 1 aliphatic rings.